The standard InChI is InChI=1S/C13H13NO2S/c1-7-3-4-8(2)9(5-7)10-6-17-12(11(10)14)13(15)16/h3-6H,14H2,1-2H3,(H,15,16). The van der Waals surface area contributed by atoms with Crippen LogP contribution in [0.15, 0.2) is 23.6 Å². The Balaban J connectivity index is 2.61. The largest absolute Gasteiger partial charge is 0.477 e. The lowest BCUT2D eigenvalue weighted by atomic mass is 9.99. The molecular formula is C13H13NO2S. The smallest absolute Gasteiger partial charge is 0.348 e. The molecule has 0 amide bonds. The summed E-state index contributed by atoms with van der Waals surface area (Å²) >= 11 is 1.17. The first-order valence-corrected chi connectivity index (χ1v) is 6.06. The van der Waals surface area contributed by atoms with E-state index >= 15 is 0 Å². The zero-order chi connectivity index (χ0) is 12.6. The fourth-order valence-corrected chi connectivity index (χ4v) is 2.59. The molecule has 0 aliphatic rings. The van der Waals surface area contributed by atoms with Crippen LogP contribution in [0.2, 0.25) is 0 Å². The number of hydrogen-bond donors (Lipinski definition) is 2. The third-order valence-electron chi connectivity index (χ3n) is 2.71. The highest BCUT2D eigenvalue weighted by molar-refractivity contribution is 7.13. The fraction of sp³-hybridized carbons (Fsp3) is 0.154. The van der Waals surface area contributed by atoms with E-state index in [1.165, 1.54) is 11.3 Å². The molecule has 0 radical (unpaired) electrons. The van der Waals surface area contributed by atoms with Gasteiger partial charge >= 0.3 is 5.97 Å². The van der Waals surface area contributed by atoms with Crippen LogP contribution in [0.25, 0.3) is 11.1 Å². The molecular weight excluding hydrogens is 234 g/mol. The molecule has 0 fully saturated rings. The first-order valence-electron chi connectivity index (χ1n) is 5.18. The van der Waals surface area contributed by atoms with Crippen LogP contribution in [-0.2, 0) is 0 Å². The summed E-state index contributed by atoms with van der Waals surface area (Å²) in [6.07, 6.45) is 0. The molecule has 0 aliphatic carbocycles. The van der Waals surface area contributed by atoms with Gasteiger partial charge in [-0.1, -0.05) is 23.8 Å². The lowest BCUT2D eigenvalue weighted by Gasteiger charge is -2.06. The number of thiophene rings is 1. The van der Waals surface area contributed by atoms with Crippen molar-refractivity contribution in [2.24, 2.45) is 0 Å². The molecule has 88 valence electrons. The van der Waals surface area contributed by atoms with Crippen molar-refractivity contribution in [3.63, 3.8) is 0 Å². The summed E-state index contributed by atoms with van der Waals surface area (Å²) in [4.78, 5) is 11.2. The van der Waals surface area contributed by atoms with E-state index in [1.54, 1.807) is 5.38 Å². The van der Waals surface area contributed by atoms with Gasteiger partial charge < -0.3 is 10.8 Å². The Hall–Kier alpha value is -1.81. The SMILES string of the molecule is Cc1ccc(C)c(-c2csc(C(=O)O)c2N)c1. The summed E-state index contributed by atoms with van der Waals surface area (Å²) in [7, 11) is 0. The van der Waals surface area contributed by atoms with Gasteiger partial charge in [0.1, 0.15) is 4.88 Å². The summed E-state index contributed by atoms with van der Waals surface area (Å²) in [6.45, 7) is 4.00. The molecule has 0 spiro atoms. The lowest BCUT2D eigenvalue weighted by Crippen LogP contribution is -1.98. The zero-order valence-electron chi connectivity index (χ0n) is 9.65. The van der Waals surface area contributed by atoms with E-state index in [-0.39, 0.29) is 4.88 Å². The highest BCUT2D eigenvalue weighted by Gasteiger charge is 2.16. The third kappa shape index (κ3) is 2.03. The number of nitrogens with two attached hydrogens (primary N) is 1. The van der Waals surface area contributed by atoms with E-state index in [1.807, 2.05) is 32.0 Å². The summed E-state index contributed by atoms with van der Waals surface area (Å²) in [6, 6.07) is 6.07. The summed E-state index contributed by atoms with van der Waals surface area (Å²) < 4.78 is 0. The van der Waals surface area contributed by atoms with Crippen molar-refractivity contribution in [2.75, 3.05) is 5.73 Å². The average molecular weight is 247 g/mol. The maximum atomic E-state index is 10.9. The van der Waals surface area contributed by atoms with Crippen molar-refractivity contribution < 1.29 is 9.90 Å². The maximum absolute atomic E-state index is 10.9. The number of hydrogen-bond acceptors (Lipinski definition) is 3. The lowest BCUT2D eigenvalue weighted by molar-refractivity contribution is 0.0703. The van der Waals surface area contributed by atoms with Crippen LogP contribution in [-0.4, -0.2) is 11.1 Å². The number of nitrogen functional groups attached to an aromatic ring is 1. The van der Waals surface area contributed by atoms with Crippen LogP contribution in [0.5, 0.6) is 0 Å². The van der Waals surface area contributed by atoms with E-state index in [4.69, 9.17) is 10.8 Å². The maximum Gasteiger partial charge on any atom is 0.348 e. The second-order valence-corrected chi connectivity index (χ2v) is 4.90. The molecule has 0 aliphatic heterocycles. The quantitative estimate of drug-likeness (QED) is 0.855. The van der Waals surface area contributed by atoms with Crippen molar-refractivity contribution in [3.8, 4) is 11.1 Å². The topological polar surface area (TPSA) is 63.3 Å². The van der Waals surface area contributed by atoms with Crippen molar-refractivity contribution in [1.29, 1.82) is 0 Å². The second-order valence-electron chi connectivity index (χ2n) is 4.02. The van der Waals surface area contributed by atoms with Crippen molar-refractivity contribution in [1.82, 2.24) is 0 Å². The van der Waals surface area contributed by atoms with Crippen LogP contribution in [0.4, 0.5) is 5.69 Å². The van der Waals surface area contributed by atoms with Gasteiger partial charge in [0.15, 0.2) is 0 Å². The third-order valence-corrected chi connectivity index (χ3v) is 3.69. The van der Waals surface area contributed by atoms with Crippen LogP contribution < -0.4 is 5.73 Å². The zero-order valence-corrected chi connectivity index (χ0v) is 10.5. The van der Waals surface area contributed by atoms with Gasteiger partial charge in [-0.05, 0) is 25.0 Å². The van der Waals surface area contributed by atoms with Crippen molar-refractivity contribution in [2.45, 2.75) is 13.8 Å². The van der Waals surface area contributed by atoms with E-state index in [2.05, 4.69) is 0 Å². The van der Waals surface area contributed by atoms with Gasteiger partial charge in [-0.15, -0.1) is 11.3 Å². The van der Waals surface area contributed by atoms with Gasteiger partial charge in [0.05, 0.1) is 5.69 Å². The predicted octanol–water partition coefficient (Wildman–Crippen LogP) is 3.31. The number of aromatic carboxylic acids is 1. The Bertz CT molecular complexity index is 587. The first-order chi connectivity index (χ1) is 8.00. The first kappa shape index (κ1) is 11.7. The van der Waals surface area contributed by atoms with E-state index in [9.17, 15) is 4.79 Å². The molecule has 17 heavy (non-hydrogen) atoms. The Kier molecular flexibility index (Phi) is 2.90. The second kappa shape index (κ2) is 4.22. The number of benzene rings is 1. The van der Waals surface area contributed by atoms with Crippen LogP contribution >= 0.6 is 11.3 Å². The highest BCUT2D eigenvalue weighted by Crippen LogP contribution is 2.36. The Morgan fingerprint density at radius 1 is 1.29 bits per heavy atom. The predicted molar refractivity (Wildman–Crippen MR) is 70.6 cm³/mol. The number of rotatable bonds is 2. The normalized spacial score (nSPS) is 10.5. The molecule has 1 heterocycles. The van der Waals surface area contributed by atoms with Gasteiger partial charge in [0.25, 0.3) is 0 Å². The minimum Gasteiger partial charge on any atom is -0.477 e. The number of carbonyl (C=O) groups is 1. The van der Waals surface area contributed by atoms with Gasteiger partial charge in [-0.3, -0.25) is 0 Å². The molecule has 4 heteroatoms. The molecule has 2 aromatic rings. The van der Waals surface area contributed by atoms with Crippen LogP contribution in [0, 0.1) is 13.8 Å². The number of aryl methyl sites for hydroxylation is 2. The Morgan fingerprint density at radius 3 is 2.59 bits per heavy atom. The van der Waals surface area contributed by atoms with E-state index < -0.39 is 5.97 Å². The van der Waals surface area contributed by atoms with E-state index in [0.29, 0.717) is 5.69 Å². The minimum absolute atomic E-state index is 0.209. The molecule has 0 saturated carbocycles. The Labute approximate surface area is 104 Å². The van der Waals surface area contributed by atoms with Gasteiger partial charge in [0.2, 0.25) is 0 Å². The van der Waals surface area contributed by atoms with Gasteiger partial charge in [-0.2, -0.15) is 0 Å². The van der Waals surface area contributed by atoms with Gasteiger partial charge in [0, 0.05) is 10.9 Å². The summed E-state index contributed by atoms with van der Waals surface area (Å²) in [5, 5.41) is 10.8. The Morgan fingerprint density at radius 2 is 2.00 bits per heavy atom. The molecule has 3 nitrogen and oxygen atoms in total. The molecule has 0 saturated heterocycles. The molecule has 1 aromatic heterocycles. The molecule has 0 bridgehead atoms. The van der Waals surface area contributed by atoms with Crippen LogP contribution in [0.1, 0.15) is 20.8 Å². The average Bonchev–Trinajstić information content (AvgIpc) is 2.64. The monoisotopic (exact) mass is 247 g/mol. The van der Waals surface area contributed by atoms with Crippen molar-refractivity contribution in [3.05, 3.63) is 39.6 Å². The summed E-state index contributed by atoms with van der Waals surface area (Å²) in [5.41, 5.74) is 10.3. The highest BCUT2D eigenvalue weighted by atomic mass is 32.1. The molecule has 2 rings (SSSR count). The molecule has 0 unspecified atom stereocenters. The minimum atomic E-state index is -0.968. The molecule has 0 atom stereocenters. The van der Waals surface area contributed by atoms with Gasteiger partial charge in [-0.25, -0.2) is 4.79 Å². The molecule has 3 N–H and O–H groups in total. The number of carboxylic acids is 1. The van der Waals surface area contributed by atoms with Crippen LogP contribution in [0.3, 0.4) is 0 Å². The molecule has 1 aromatic carbocycles. The number of carboxylic acid groups (broad SMARTS) is 1. The fourth-order valence-electron chi connectivity index (χ4n) is 1.77. The summed E-state index contributed by atoms with van der Waals surface area (Å²) in [5.74, 6) is -0.968. The van der Waals surface area contributed by atoms with E-state index in [0.717, 1.165) is 22.3 Å². The van der Waals surface area contributed by atoms with Crippen molar-refractivity contribution >= 4 is 23.0 Å². The number of anilines is 1.